The van der Waals surface area contributed by atoms with Gasteiger partial charge in [-0.25, -0.2) is 0 Å². The van der Waals surface area contributed by atoms with Crippen LogP contribution in [0.3, 0.4) is 0 Å². The fourth-order valence-corrected chi connectivity index (χ4v) is 2.98. The van der Waals surface area contributed by atoms with Gasteiger partial charge in [0.2, 0.25) is 0 Å². The molecular formula is C15H31N. The normalized spacial score (nSPS) is 26.6. The molecule has 2 N–H and O–H groups in total. The molecule has 0 bridgehead atoms. The summed E-state index contributed by atoms with van der Waals surface area (Å²) in [6.07, 6.45) is 16.8. The summed E-state index contributed by atoms with van der Waals surface area (Å²) in [6, 6.07) is 0.507. The van der Waals surface area contributed by atoms with Crippen LogP contribution in [0.15, 0.2) is 0 Å². The zero-order valence-corrected chi connectivity index (χ0v) is 11.2. The van der Waals surface area contributed by atoms with Crippen LogP contribution in [0.4, 0.5) is 0 Å². The van der Waals surface area contributed by atoms with E-state index >= 15 is 0 Å². The number of nitrogens with two attached hydrogens (primary N) is 1. The van der Waals surface area contributed by atoms with Gasteiger partial charge in [-0.1, -0.05) is 71.1 Å². The summed E-state index contributed by atoms with van der Waals surface area (Å²) >= 11 is 0. The zero-order valence-electron chi connectivity index (χ0n) is 11.2. The number of unbranched alkanes of at least 4 members (excludes halogenated alkanes) is 5. The van der Waals surface area contributed by atoms with Crippen molar-refractivity contribution in [3.63, 3.8) is 0 Å². The highest BCUT2D eigenvalue weighted by molar-refractivity contribution is 4.73. The summed E-state index contributed by atoms with van der Waals surface area (Å²) in [5.74, 6) is 0.948. The van der Waals surface area contributed by atoms with E-state index < -0.39 is 0 Å². The van der Waals surface area contributed by atoms with Gasteiger partial charge in [0.1, 0.15) is 0 Å². The molecule has 0 saturated heterocycles. The van der Waals surface area contributed by atoms with Crippen molar-refractivity contribution in [3.8, 4) is 0 Å². The Morgan fingerprint density at radius 3 is 2.44 bits per heavy atom. The van der Waals surface area contributed by atoms with E-state index in [1.807, 2.05) is 0 Å². The van der Waals surface area contributed by atoms with E-state index in [4.69, 9.17) is 5.73 Å². The molecule has 0 amide bonds. The lowest BCUT2D eigenvalue weighted by molar-refractivity contribution is 0.387. The third-order valence-corrected chi connectivity index (χ3v) is 4.04. The van der Waals surface area contributed by atoms with Crippen molar-refractivity contribution >= 4 is 0 Å². The molecule has 0 aliphatic heterocycles. The Balaban J connectivity index is 1.98. The zero-order chi connectivity index (χ0) is 11.6. The highest BCUT2D eigenvalue weighted by atomic mass is 14.6. The van der Waals surface area contributed by atoms with Crippen LogP contribution in [0, 0.1) is 5.92 Å². The first kappa shape index (κ1) is 14.0. The third-order valence-electron chi connectivity index (χ3n) is 4.04. The van der Waals surface area contributed by atoms with Crippen LogP contribution >= 0.6 is 0 Å². The molecule has 1 fully saturated rings. The second-order valence-corrected chi connectivity index (χ2v) is 5.70. The predicted molar refractivity (Wildman–Crippen MR) is 72.5 cm³/mol. The first-order valence-electron chi connectivity index (χ1n) is 7.58. The number of rotatable bonds is 7. The summed E-state index contributed by atoms with van der Waals surface area (Å²) < 4.78 is 0. The molecular weight excluding hydrogens is 194 g/mol. The van der Waals surface area contributed by atoms with Crippen molar-refractivity contribution in [2.75, 3.05) is 0 Å². The Hall–Kier alpha value is -0.0400. The van der Waals surface area contributed by atoms with Gasteiger partial charge in [-0.3, -0.25) is 0 Å². The Morgan fingerprint density at radius 2 is 1.62 bits per heavy atom. The van der Waals surface area contributed by atoms with Gasteiger partial charge in [0.25, 0.3) is 0 Å². The quantitative estimate of drug-likeness (QED) is 0.495. The van der Waals surface area contributed by atoms with E-state index in [0.717, 1.165) is 5.92 Å². The van der Waals surface area contributed by atoms with E-state index in [0.29, 0.717) is 6.04 Å². The summed E-state index contributed by atoms with van der Waals surface area (Å²) in [4.78, 5) is 0. The lowest BCUT2D eigenvalue weighted by atomic mass is 9.92. The predicted octanol–water partition coefficient (Wildman–Crippen LogP) is 4.64. The van der Waals surface area contributed by atoms with E-state index in [2.05, 4.69) is 6.92 Å². The maximum absolute atomic E-state index is 6.10. The minimum atomic E-state index is 0.507. The molecule has 1 rings (SSSR count). The van der Waals surface area contributed by atoms with Crippen LogP contribution in [0.5, 0.6) is 0 Å². The van der Waals surface area contributed by atoms with Crippen LogP contribution in [-0.2, 0) is 0 Å². The Morgan fingerprint density at radius 1 is 0.938 bits per heavy atom. The maximum Gasteiger partial charge on any atom is 0.00414 e. The molecule has 1 aliphatic carbocycles. The lowest BCUT2D eigenvalue weighted by Crippen LogP contribution is -2.21. The van der Waals surface area contributed by atoms with Gasteiger partial charge in [-0.2, -0.15) is 0 Å². The molecule has 2 unspecified atom stereocenters. The highest BCUT2D eigenvalue weighted by Crippen LogP contribution is 2.26. The van der Waals surface area contributed by atoms with Gasteiger partial charge in [-0.05, 0) is 18.8 Å². The van der Waals surface area contributed by atoms with Gasteiger partial charge in [-0.15, -0.1) is 0 Å². The van der Waals surface area contributed by atoms with Crippen molar-refractivity contribution in [3.05, 3.63) is 0 Å². The average molecular weight is 225 g/mol. The molecule has 1 nitrogen and oxygen atoms in total. The molecule has 2 atom stereocenters. The molecule has 0 aromatic carbocycles. The summed E-state index contributed by atoms with van der Waals surface area (Å²) in [6.45, 7) is 2.28. The molecule has 0 heterocycles. The van der Waals surface area contributed by atoms with Gasteiger partial charge >= 0.3 is 0 Å². The van der Waals surface area contributed by atoms with Crippen LogP contribution in [0.2, 0.25) is 0 Å². The van der Waals surface area contributed by atoms with E-state index in [1.54, 1.807) is 0 Å². The largest absolute Gasteiger partial charge is 0.328 e. The summed E-state index contributed by atoms with van der Waals surface area (Å²) in [5.41, 5.74) is 6.10. The molecule has 0 aromatic rings. The maximum atomic E-state index is 6.10. The Labute approximate surface area is 102 Å². The van der Waals surface area contributed by atoms with Crippen molar-refractivity contribution in [2.24, 2.45) is 11.7 Å². The molecule has 16 heavy (non-hydrogen) atoms. The first-order chi connectivity index (χ1) is 7.83. The van der Waals surface area contributed by atoms with E-state index in [1.165, 1.54) is 77.0 Å². The van der Waals surface area contributed by atoms with Crippen LogP contribution in [0.25, 0.3) is 0 Å². The summed E-state index contributed by atoms with van der Waals surface area (Å²) in [7, 11) is 0. The number of hydrogen-bond donors (Lipinski definition) is 1. The fourth-order valence-electron chi connectivity index (χ4n) is 2.98. The molecule has 0 aromatic heterocycles. The SMILES string of the molecule is CCCCCCCCC1CCCCC(N)C1. The van der Waals surface area contributed by atoms with Crippen LogP contribution < -0.4 is 5.73 Å². The van der Waals surface area contributed by atoms with E-state index in [-0.39, 0.29) is 0 Å². The van der Waals surface area contributed by atoms with E-state index in [9.17, 15) is 0 Å². The van der Waals surface area contributed by atoms with Gasteiger partial charge < -0.3 is 5.73 Å². The molecule has 0 radical (unpaired) electrons. The van der Waals surface area contributed by atoms with Gasteiger partial charge in [0.05, 0.1) is 0 Å². The second kappa shape index (κ2) is 9.04. The molecule has 1 saturated carbocycles. The Kier molecular flexibility index (Phi) is 7.92. The lowest BCUT2D eigenvalue weighted by Gasteiger charge is -2.16. The van der Waals surface area contributed by atoms with Crippen LogP contribution in [-0.4, -0.2) is 6.04 Å². The smallest absolute Gasteiger partial charge is 0.00414 e. The number of hydrogen-bond acceptors (Lipinski definition) is 1. The molecule has 1 aliphatic rings. The molecule has 1 heteroatoms. The van der Waals surface area contributed by atoms with Gasteiger partial charge in [0, 0.05) is 6.04 Å². The van der Waals surface area contributed by atoms with Crippen molar-refractivity contribution in [2.45, 2.75) is 90.0 Å². The minimum absolute atomic E-state index is 0.507. The average Bonchev–Trinajstić information content (AvgIpc) is 2.48. The van der Waals surface area contributed by atoms with Crippen LogP contribution in [0.1, 0.15) is 84.0 Å². The third kappa shape index (κ3) is 6.52. The standard InChI is InChI=1S/C15H31N/c1-2-3-4-5-6-7-10-14-11-8-9-12-15(16)13-14/h14-15H,2-13,16H2,1H3. The van der Waals surface area contributed by atoms with Crippen molar-refractivity contribution < 1.29 is 0 Å². The monoisotopic (exact) mass is 225 g/mol. The van der Waals surface area contributed by atoms with Crippen molar-refractivity contribution in [1.29, 1.82) is 0 Å². The fraction of sp³-hybridized carbons (Fsp3) is 1.00. The topological polar surface area (TPSA) is 26.0 Å². The highest BCUT2D eigenvalue weighted by Gasteiger charge is 2.16. The first-order valence-corrected chi connectivity index (χ1v) is 7.58. The Bertz CT molecular complexity index is 156. The summed E-state index contributed by atoms with van der Waals surface area (Å²) in [5, 5.41) is 0. The molecule has 0 spiro atoms. The minimum Gasteiger partial charge on any atom is -0.328 e. The second-order valence-electron chi connectivity index (χ2n) is 5.70. The van der Waals surface area contributed by atoms with Crippen molar-refractivity contribution in [1.82, 2.24) is 0 Å². The van der Waals surface area contributed by atoms with Gasteiger partial charge in [0.15, 0.2) is 0 Å². The molecule has 96 valence electrons.